The number of hydrogen-bond acceptors (Lipinski definition) is 2. The van der Waals surface area contributed by atoms with E-state index in [0.717, 1.165) is 31.0 Å². The molecular weight excluding hydrogens is 276 g/mol. The molecule has 1 aliphatic rings. The molecule has 0 saturated carbocycles. The van der Waals surface area contributed by atoms with Crippen LogP contribution in [0.15, 0.2) is 29.3 Å². The van der Waals surface area contributed by atoms with Crippen LogP contribution in [0.2, 0.25) is 0 Å². The lowest BCUT2D eigenvalue weighted by molar-refractivity contribution is -0.117. The highest BCUT2D eigenvalue weighted by Gasteiger charge is 2.21. The van der Waals surface area contributed by atoms with E-state index >= 15 is 0 Å². The van der Waals surface area contributed by atoms with Crippen molar-refractivity contribution in [2.75, 3.05) is 18.5 Å². The number of carbonyl (C=O) groups excluding carboxylic acids is 1. The van der Waals surface area contributed by atoms with Crippen molar-refractivity contribution in [1.82, 2.24) is 10.6 Å². The number of aliphatic imine (C=N–C) groups is 1. The lowest BCUT2D eigenvalue weighted by atomic mass is 10.2. The third kappa shape index (κ3) is 4.23. The molecule has 5 heteroatoms. The van der Waals surface area contributed by atoms with Crippen LogP contribution in [0.1, 0.15) is 38.7 Å². The van der Waals surface area contributed by atoms with Gasteiger partial charge in [-0.25, -0.2) is 0 Å². The summed E-state index contributed by atoms with van der Waals surface area (Å²) in [6.07, 6.45) is 2.68. The number of hydrogen-bond donors (Lipinski definition) is 2. The Kier molecular flexibility index (Phi) is 5.81. The fraction of sp³-hybridized carbons (Fsp3) is 0.529. The first-order chi connectivity index (χ1) is 10.6. The lowest BCUT2D eigenvalue weighted by Crippen LogP contribution is -2.41. The highest BCUT2D eigenvalue weighted by molar-refractivity contribution is 5.95. The Morgan fingerprint density at radius 2 is 2.09 bits per heavy atom. The molecule has 1 saturated heterocycles. The van der Waals surface area contributed by atoms with Crippen LogP contribution in [0.5, 0.6) is 0 Å². The number of benzene rings is 1. The molecule has 1 aromatic rings. The minimum Gasteiger partial charge on any atom is -0.354 e. The van der Waals surface area contributed by atoms with Crippen molar-refractivity contribution in [2.45, 2.75) is 45.7 Å². The third-order valence-electron chi connectivity index (χ3n) is 4.00. The van der Waals surface area contributed by atoms with E-state index in [0.29, 0.717) is 19.0 Å². The first kappa shape index (κ1) is 16.3. The molecule has 1 fully saturated rings. The average Bonchev–Trinajstić information content (AvgIpc) is 2.97. The Bertz CT molecular complexity index is 524. The Labute approximate surface area is 132 Å². The van der Waals surface area contributed by atoms with Crippen LogP contribution in [-0.4, -0.2) is 31.5 Å². The minimum absolute atomic E-state index is 0.226. The highest BCUT2D eigenvalue weighted by atomic mass is 16.2. The lowest BCUT2D eigenvalue weighted by Gasteiger charge is -2.18. The summed E-state index contributed by atoms with van der Waals surface area (Å²) in [4.78, 5) is 17.8. The van der Waals surface area contributed by atoms with Gasteiger partial charge in [0, 0.05) is 38.3 Å². The largest absolute Gasteiger partial charge is 0.354 e. The number of nitrogens with one attached hydrogen (secondary N) is 2. The number of nitrogens with zero attached hydrogens (tertiary/aromatic N) is 2. The van der Waals surface area contributed by atoms with E-state index in [9.17, 15) is 4.79 Å². The zero-order chi connectivity index (χ0) is 15.9. The molecule has 1 atom stereocenters. The second-order valence-corrected chi connectivity index (χ2v) is 5.69. The van der Waals surface area contributed by atoms with Gasteiger partial charge in [0.2, 0.25) is 5.91 Å². The number of guanidine groups is 1. The quantitative estimate of drug-likeness (QED) is 0.648. The molecule has 1 heterocycles. The van der Waals surface area contributed by atoms with Crippen molar-refractivity contribution in [1.29, 1.82) is 0 Å². The maximum atomic E-state index is 11.7. The second-order valence-electron chi connectivity index (χ2n) is 5.69. The van der Waals surface area contributed by atoms with Gasteiger partial charge in [-0.3, -0.25) is 9.79 Å². The second kappa shape index (κ2) is 7.82. The van der Waals surface area contributed by atoms with Gasteiger partial charge in [-0.2, -0.15) is 0 Å². The van der Waals surface area contributed by atoms with E-state index in [1.165, 1.54) is 5.56 Å². The number of rotatable bonds is 5. The third-order valence-corrected chi connectivity index (χ3v) is 4.00. The van der Waals surface area contributed by atoms with Crippen molar-refractivity contribution >= 4 is 17.6 Å². The standard InChI is InChI=1S/C17H26N4O/c1-4-13(2)20-17(18-3)19-12-14-7-9-15(10-8-14)21-11-5-6-16(21)22/h7-10,13H,4-6,11-12H2,1-3H3,(H2,18,19,20). The van der Waals surface area contributed by atoms with E-state index in [2.05, 4.69) is 41.6 Å². The smallest absolute Gasteiger partial charge is 0.227 e. The van der Waals surface area contributed by atoms with Crippen molar-refractivity contribution in [2.24, 2.45) is 4.99 Å². The summed E-state index contributed by atoms with van der Waals surface area (Å²) in [5.41, 5.74) is 2.16. The van der Waals surface area contributed by atoms with Gasteiger partial charge in [-0.05, 0) is 37.5 Å². The molecule has 0 aliphatic carbocycles. The first-order valence-electron chi connectivity index (χ1n) is 8.00. The summed E-state index contributed by atoms with van der Waals surface area (Å²) in [7, 11) is 1.78. The Balaban J connectivity index is 1.89. The van der Waals surface area contributed by atoms with Crippen LogP contribution in [-0.2, 0) is 11.3 Å². The van der Waals surface area contributed by atoms with Gasteiger partial charge in [0.25, 0.3) is 0 Å². The van der Waals surface area contributed by atoms with E-state index in [-0.39, 0.29) is 5.91 Å². The van der Waals surface area contributed by atoms with Gasteiger partial charge in [0.05, 0.1) is 0 Å². The molecule has 2 N–H and O–H groups in total. The summed E-state index contributed by atoms with van der Waals surface area (Å²) in [6.45, 7) is 5.82. The summed E-state index contributed by atoms with van der Waals surface area (Å²) in [6, 6.07) is 8.56. The zero-order valence-corrected chi connectivity index (χ0v) is 13.7. The predicted molar refractivity (Wildman–Crippen MR) is 91.1 cm³/mol. The molecule has 22 heavy (non-hydrogen) atoms. The molecule has 1 aliphatic heterocycles. The van der Waals surface area contributed by atoms with E-state index in [4.69, 9.17) is 0 Å². The maximum absolute atomic E-state index is 11.7. The summed E-state index contributed by atoms with van der Waals surface area (Å²) < 4.78 is 0. The van der Waals surface area contributed by atoms with Crippen molar-refractivity contribution in [3.8, 4) is 0 Å². The van der Waals surface area contributed by atoms with E-state index < -0.39 is 0 Å². The van der Waals surface area contributed by atoms with Gasteiger partial charge in [0.15, 0.2) is 5.96 Å². The van der Waals surface area contributed by atoms with Crippen LogP contribution >= 0.6 is 0 Å². The van der Waals surface area contributed by atoms with Crippen LogP contribution in [0.4, 0.5) is 5.69 Å². The maximum Gasteiger partial charge on any atom is 0.227 e. The molecule has 0 spiro atoms. The topological polar surface area (TPSA) is 56.7 Å². The van der Waals surface area contributed by atoms with Gasteiger partial charge in [0.1, 0.15) is 0 Å². The SMILES string of the molecule is CCC(C)NC(=NC)NCc1ccc(N2CCCC2=O)cc1. The van der Waals surface area contributed by atoms with Crippen LogP contribution in [0, 0.1) is 0 Å². The Hall–Kier alpha value is -2.04. The highest BCUT2D eigenvalue weighted by Crippen LogP contribution is 2.21. The molecular formula is C17H26N4O. The predicted octanol–water partition coefficient (Wildman–Crippen LogP) is 2.28. The molecule has 0 bridgehead atoms. The molecule has 2 rings (SSSR count). The van der Waals surface area contributed by atoms with Crippen LogP contribution in [0.3, 0.4) is 0 Å². The monoisotopic (exact) mass is 302 g/mol. The van der Waals surface area contributed by atoms with Crippen molar-refractivity contribution in [3.63, 3.8) is 0 Å². The van der Waals surface area contributed by atoms with Crippen LogP contribution in [0.25, 0.3) is 0 Å². The Morgan fingerprint density at radius 3 is 2.64 bits per heavy atom. The summed E-state index contributed by atoms with van der Waals surface area (Å²) in [5, 5.41) is 6.64. The Morgan fingerprint density at radius 1 is 1.36 bits per heavy atom. The van der Waals surface area contributed by atoms with Crippen LogP contribution < -0.4 is 15.5 Å². The molecule has 1 aromatic carbocycles. The van der Waals surface area contributed by atoms with Gasteiger partial charge >= 0.3 is 0 Å². The fourth-order valence-electron chi connectivity index (χ4n) is 2.43. The van der Waals surface area contributed by atoms with Crippen molar-refractivity contribution < 1.29 is 4.79 Å². The molecule has 1 amide bonds. The fourth-order valence-corrected chi connectivity index (χ4v) is 2.43. The van der Waals surface area contributed by atoms with E-state index in [1.807, 2.05) is 17.0 Å². The van der Waals surface area contributed by atoms with Gasteiger partial charge in [-0.1, -0.05) is 19.1 Å². The molecule has 120 valence electrons. The summed E-state index contributed by atoms with van der Waals surface area (Å²) >= 11 is 0. The van der Waals surface area contributed by atoms with Gasteiger partial charge < -0.3 is 15.5 Å². The minimum atomic E-state index is 0.226. The zero-order valence-electron chi connectivity index (χ0n) is 13.7. The first-order valence-corrected chi connectivity index (χ1v) is 8.00. The number of amides is 1. The average molecular weight is 302 g/mol. The number of anilines is 1. The van der Waals surface area contributed by atoms with Crippen molar-refractivity contribution in [3.05, 3.63) is 29.8 Å². The normalized spacial score (nSPS) is 16.8. The van der Waals surface area contributed by atoms with E-state index in [1.54, 1.807) is 7.05 Å². The summed E-state index contributed by atoms with van der Waals surface area (Å²) in [5.74, 6) is 1.04. The molecule has 1 unspecified atom stereocenters. The molecule has 5 nitrogen and oxygen atoms in total. The molecule has 0 radical (unpaired) electrons. The van der Waals surface area contributed by atoms with Gasteiger partial charge in [-0.15, -0.1) is 0 Å². The molecule has 0 aromatic heterocycles. The number of carbonyl (C=O) groups is 1.